The van der Waals surface area contributed by atoms with Gasteiger partial charge < -0.3 is 20.7 Å². The number of anilines is 2. The zero-order valence-corrected chi connectivity index (χ0v) is 12.7. The van der Waals surface area contributed by atoms with Crippen molar-refractivity contribution in [3.8, 4) is 0 Å². The molecule has 1 aromatic carbocycles. The molecular weight excluding hydrogens is 294 g/mol. The average molecular weight is 312 g/mol. The lowest BCUT2D eigenvalue weighted by molar-refractivity contribution is -0.130. The molecule has 3 N–H and O–H groups in total. The van der Waals surface area contributed by atoms with Crippen LogP contribution in [-0.4, -0.2) is 37.1 Å². The highest BCUT2D eigenvalue weighted by atomic mass is 35.5. The van der Waals surface area contributed by atoms with Crippen LogP contribution in [0.4, 0.5) is 11.4 Å². The van der Waals surface area contributed by atoms with E-state index in [9.17, 15) is 9.59 Å². The minimum Gasteiger partial charge on any atom is -0.363 e. The molecule has 0 bridgehead atoms. The second kappa shape index (κ2) is 6.43. The van der Waals surface area contributed by atoms with Gasteiger partial charge in [0.25, 0.3) is 0 Å². The van der Waals surface area contributed by atoms with Gasteiger partial charge in [0.05, 0.1) is 16.3 Å². The molecule has 114 valence electrons. The molecule has 1 aliphatic rings. The summed E-state index contributed by atoms with van der Waals surface area (Å²) in [5.74, 6) is -0.448. The van der Waals surface area contributed by atoms with E-state index < -0.39 is 0 Å². The maximum atomic E-state index is 11.8. The number of ether oxygens (including phenoxy) is 1. The molecule has 1 heterocycles. The normalized spacial score (nSPS) is 16.0. The fraction of sp³-hybridized carbons (Fsp3) is 0.429. The highest BCUT2D eigenvalue weighted by Gasteiger charge is 2.32. The van der Waals surface area contributed by atoms with Gasteiger partial charge in [-0.1, -0.05) is 11.6 Å². The Bertz CT molecular complexity index is 558. The first-order valence-corrected chi connectivity index (χ1v) is 6.97. The van der Waals surface area contributed by atoms with Gasteiger partial charge in [0.1, 0.15) is 6.61 Å². The van der Waals surface area contributed by atoms with E-state index >= 15 is 0 Å². The first-order chi connectivity index (χ1) is 9.88. The van der Waals surface area contributed by atoms with Gasteiger partial charge in [0, 0.05) is 25.7 Å². The first-order valence-electron chi connectivity index (χ1n) is 6.60. The Balaban J connectivity index is 1.88. The summed E-state index contributed by atoms with van der Waals surface area (Å²) in [5.41, 5.74) is 0.801. The number of benzene rings is 1. The summed E-state index contributed by atoms with van der Waals surface area (Å²) >= 11 is 6.03. The summed E-state index contributed by atoms with van der Waals surface area (Å²) in [7, 11) is 0. The number of rotatable bonds is 5. The number of nitrogens with one attached hydrogen (secondary N) is 3. The van der Waals surface area contributed by atoms with Gasteiger partial charge in [-0.25, -0.2) is 0 Å². The minimum atomic E-state index is -0.260. The minimum absolute atomic E-state index is 0.0107. The monoisotopic (exact) mass is 311 g/mol. The van der Waals surface area contributed by atoms with Crippen molar-refractivity contribution < 1.29 is 14.3 Å². The number of hydrogen-bond acceptors (Lipinski definition) is 4. The summed E-state index contributed by atoms with van der Waals surface area (Å²) in [4.78, 5) is 22.8. The molecule has 7 heteroatoms. The first kappa shape index (κ1) is 15.8. The lowest BCUT2D eigenvalue weighted by atomic mass is 10.0. The SMILES string of the molecule is CC(=O)Nc1ccc(NC(=O)COC2(C)CNC2)cc1Cl. The smallest absolute Gasteiger partial charge is 0.250 e. The van der Waals surface area contributed by atoms with Crippen molar-refractivity contribution in [1.29, 1.82) is 0 Å². The Labute approximate surface area is 128 Å². The van der Waals surface area contributed by atoms with Crippen LogP contribution in [0.3, 0.4) is 0 Å². The van der Waals surface area contributed by atoms with Crippen molar-refractivity contribution in [1.82, 2.24) is 5.32 Å². The molecule has 1 aromatic rings. The largest absolute Gasteiger partial charge is 0.363 e. The highest BCUT2D eigenvalue weighted by Crippen LogP contribution is 2.25. The fourth-order valence-electron chi connectivity index (χ4n) is 1.90. The van der Waals surface area contributed by atoms with Crippen LogP contribution in [0.15, 0.2) is 18.2 Å². The molecule has 2 rings (SSSR count). The van der Waals surface area contributed by atoms with Crippen LogP contribution >= 0.6 is 11.6 Å². The summed E-state index contributed by atoms with van der Waals surface area (Å²) in [6.07, 6.45) is 0. The topological polar surface area (TPSA) is 79.5 Å². The van der Waals surface area contributed by atoms with Gasteiger partial charge in [0.15, 0.2) is 0 Å². The van der Waals surface area contributed by atoms with Gasteiger partial charge in [-0.2, -0.15) is 0 Å². The van der Waals surface area contributed by atoms with Crippen molar-refractivity contribution in [2.75, 3.05) is 30.3 Å². The average Bonchev–Trinajstić information content (AvgIpc) is 2.37. The molecule has 21 heavy (non-hydrogen) atoms. The molecule has 1 aliphatic heterocycles. The molecule has 0 atom stereocenters. The molecular formula is C14H18ClN3O3. The highest BCUT2D eigenvalue weighted by molar-refractivity contribution is 6.34. The van der Waals surface area contributed by atoms with Gasteiger partial charge in [-0.3, -0.25) is 9.59 Å². The molecule has 0 spiro atoms. The number of amides is 2. The third kappa shape index (κ3) is 4.42. The van der Waals surface area contributed by atoms with Crippen molar-refractivity contribution >= 4 is 34.8 Å². The lowest BCUT2D eigenvalue weighted by Gasteiger charge is -2.38. The lowest BCUT2D eigenvalue weighted by Crippen LogP contribution is -2.59. The molecule has 0 radical (unpaired) electrons. The summed E-state index contributed by atoms with van der Waals surface area (Å²) < 4.78 is 5.54. The molecule has 1 fully saturated rings. The Morgan fingerprint density at radius 3 is 2.62 bits per heavy atom. The Kier molecular flexibility index (Phi) is 4.82. The van der Waals surface area contributed by atoms with Crippen molar-refractivity contribution in [2.24, 2.45) is 0 Å². The van der Waals surface area contributed by atoms with Gasteiger partial charge in [-0.05, 0) is 25.1 Å². The van der Waals surface area contributed by atoms with Gasteiger partial charge in [0.2, 0.25) is 11.8 Å². The van der Waals surface area contributed by atoms with Crippen molar-refractivity contribution in [2.45, 2.75) is 19.4 Å². The molecule has 0 aliphatic carbocycles. The number of halogens is 1. The third-order valence-electron chi connectivity index (χ3n) is 3.11. The van der Waals surface area contributed by atoms with E-state index in [-0.39, 0.29) is 24.0 Å². The predicted molar refractivity (Wildman–Crippen MR) is 81.6 cm³/mol. The Morgan fingerprint density at radius 2 is 2.10 bits per heavy atom. The quantitative estimate of drug-likeness (QED) is 0.772. The molecule has 0 saturated carbocycles. The number of carbonyl (C=O) groups excluding carboxylic acids is 2. The second-order valence-corrected chi connectivity index (χ2v) is 5.67. The zero-order chi connectivity index (χ0) is 15.5. The van der Waals surface area contributed by atoms with Crippen LogP contribution in [0.5, 0.6) is 0 Å². The zero-order valence-electron chi connectivity index (χ0n) is 12.0. The second-order valence-electron chi connectivity index (χ2n) is 5.27. The Hall–Kier alpha value is -1.63. The van der Waals surface area contributed by atoms with E-state index in [2.05, 4.69) is 16.0 Å². The Morgan fingerprint density at radius 1 is 1.38 bits per heavy atom. The van der Waals surface area contributed by atoms with E-state index in [0.717, 1.165) is 13.1 Å². The maximum Gasteiger partial charge on any atom is 0.250 e. The van der Waals surface area contributed by atoms with E-state index in [1.165, 1.54) is 6.92 Å². The molecule has 2 amide bonds. The van der Waals surface area contributed by atoms with Crippen LogP contribution in [0.25, 0.3) is 0 Å². The molecule has 1 saturated heterocycles. The van der Waals surface area contributed by atoms with E-state index in [4.69, 9.17) is 16.3 Å². The van der Waals surface area contributed by atoms with Crippen LogP contribution in [0, 0.1) is 0 Å². The fourth-order valence-corrected chi connectivity index (χ4v) is 2.13. The van der Waals surface area contributed by atoms with Crippen molar-refractivity contribution in [3.63, 3.8) is 0 Å². The van der Waals surface area contributed by atoms with E-state index in [0.29, 0.717) is 16.4 Å². The summed E-state index contributed by atoms with van der Waals surface area (Å²) in [6.45, 7) is 4.84. The van der Waals surface area contributed by atoms with E-state index in [1.807, 2.05) is 6.92 Å². The third-order valence-corrected chi connectivity index (χ3v) is 3.43. The van der Waals surface area contributed by atoms with Crippen LogP contribution in [0.1, 0.15) is 13.8 Å². The van der Waals surface area contributed by atoms with Gasteiger partial charge in [-0.15, -0.1) is 0 Å². The molecule has 0 unspecified atom stereocenters. The standard InChI is InChI=1S/C14H18ClN3O3/c1-9(19)17-12-4-3-10(5-11(12)15)18-13(20)6-21-14(2)7-16-8-14/h3-5,16H,6-8H2,1-2H3,(H,17,19)(H,18,20). The summed E-state index contributed by atoms with van der Waals surface area (Å²) in [6, 6.07) is 4.89. The van der Waals surface area contributed by atoms with Crippen LogP contribution < -0.4 is 16.0 Å². The number of hydrogen-bond donors (Lipinski definition) is 3. The van der Waals surface area contributed by atoms with Crippen molar-refractivity contribution in [3.05, 3.63) is 23.2 Å². The summed E-state index contributed by atoms with van der Waals surface area (Å²) in [5, 5.41) is 8.76. The molecule has 0 aromatic heterocycles. The maximum absolute atomic E-state index is 11.8. The van der Waals surface area contributed by atoms with E-state index in [1.54, 1.807) is 18.2 Å². The molecule has 6 nitrogen and oxygen atoms in total. The van der Waals surface area contributed by atoms with Crippen LogP contribution in [-0.2, 0) is 14.3 Å². The number of carbonyl (C=O) groups is 2. The van der Waals surface area contributed by atoms with Crippen LogP contribution in [0.2, 0.25) is 5.02 Å². The van der Waals surface area contributed by atoms with Gasteiger partial charge >= 0.3 is 0 Å². The predicted octanol–water partition coefficient (Wildman–Crippen LogP) is 1.62.